The Kier molecular flexibility index (Phi) is 5.47. The Morgan fingerprint density at radius 2 is 1.88 bits per heavy atom. The second kappa shape index (κ2) is 7.96. The summed E-state index contributed by atoms with van der Waals surface area (Å²) in [4.78, 5) is 24.8. The maximum atomic E-state index is 12.5. The number of carbonyl (C=O) groups excluding carboxylic acids is 2. The Hall–Kier alpha value is -2.94. The van der Waals surface area contributed by atoms with E-state index < -0.39 is 0 Å². The first kappa shape index (κ1) is 17.9. The van der Waals surface area contributed by atoms with Crippen molar-refractivity contribution in [1.29, 1.82) is 0 Å². The zero-order valence-corrected chi connectivity index (χ0v) is 15.6. The van der Waals surface area contributed by atoms with Crippen LogP contribution in [0.25, 0.3) is 0 Å². The minimum Gasteiger partial charge on any atom is -0.321 e. The number of anilines is 2. The van der Waals surface area contributed by atoms with Crippen molar-refractivity contribution in [1.82, 2.24) is 19.6 Å². The lowest BCUT2D eigenvalue weighted by Crippen LogP contribution is -2.21. The van der Waals surface area contributed by atoms with Crippen LogP contribution in [0.3, 0.4) is 0 Å². The molecular formula is C17H17BrN6O2. The van der Waals surface area contributed by atoms with Gasteiger partial charge in [-0.15, -0.1) is 0 Å². The molecule has 2 heterocycles. The molecule has 2 amide bonds. The number of rotatable bonds is 6. The zero-order valence-electron chi connectivity index (χ0n) is 14.0. The lowest BCUT2D eigenvalue weighted by atomic mass is 10.3. The fourth-order valence-corrected chi connectivity index (χ4v) is 2.64. The third kappa shape index (κ3) is 4.37. The van der Waals surface area contributed by atoms with Crippen molar-refractivity contribution in [2.24, 2.45) is 0 Å². The first-order chi connectivity index (χ1) is 12.5. The summed E-state index contributed by atoms with van der Waals surface area (Å²) >= 11 is 3.28. The molecule has 9 heteroatoms. The van der Waals surface area contributed by atoms with Crippen molar-refractivity contribution in [3.8, 4) is 0 Å². The van der Waals surface area contributed by atoms with Crippen molar-refractivity contribution in [3.63, 3.8) is 0 Å². The summed E-state index contributed by atoms with van der Waals surface area (Å²) in [6, 6.07) is 9.07. The maximum Gasteiger partial charge on any atom is 0.278 e. The van der Waals surface area contributed by atoms with Crippen molar-refractivity contribution in [2.45, 2.75) is 20.0 Å². The van der Waals surface area contributed by atoms with Crippen LogP contribution < -0.4 is 10.6 Å². The van der Waals surface area contributed by atoms with Gasteiger partial charge >= 0.3 is 0 Å². The standard InChI is InChI=1S/C17H17BrN6O2/c1-2-23-10-14(21-15(25)11-24-9-12(18)8-19-24)16(22-23)17(26)20-13-6-4-3-5-7-13/h3-10H,2,11H2,1H3,(H,20,26)(H,21,25). The summed E-state index contributed by atoms with van der Waals surface area (Å²) in [5.41, 5.74) is 1.17. The number of hydrogen-bond acceptors (Lipinski definition) is 4. The molecular weight excluding hydrogens is 400 g/mol. The number of para-hydroxylation sites is 1. The number of benzene rings is 1. The molecule has 0 bridgehead atoms. The third-order valence-corrected chi connectivity index (χ3v) is 3.92. The topological polar surface area (TPSA) is 93.8 Å². The van der Waals surface area contributed by atoms with Gasteiger partial charge in [-0.05, 0) is 35.0 Å². The number of aryl methyl sites for hydroxylation is 1. The molecule has 0 unspecified atom stereocenters. The van der Waals surface area contributed by atoms with E-state index in [1.165, 1.54) is 4.68 Å². The van der Waals surface area contributed by atoms with E-state index in [0.29, 0.717) is 17.9 Å². The monoisotopic (exact) mass is 416 g/mol. The van der Waals surface area contributed by atoms with Gasteiger partial charge in [-0.3, -0.25) is 19.0 Å². The highest BCUT2D eigenvalue weighted by molar-refractivity contribution is 9.10. The van der Waals surface area contributed by atoms with E-state index in [2.05, 4.69) is 36.8 Å². The van der Waals surface area contributed by atoms with Gasteiger partial charge in [-0.1, -0.05) is 18.2 Å². The van der Waals surface area contributed by atoms with Crippen LogP contribution in [0.4, 0.5) is 11.4 Å². The summed E-state index contributed by atoms with van der Waals surface area (Å²) in [5.74, 6) is -0.689. The quantitative estimate of drug-likeness (QED) is 0.645. The van der Waals surface area contributed by atoms with E-state index in [1.54, 1.807) is 35.4 Å². The van der Waals surface area contributed by atoms with Gasteiger partial charge in [0, 0.05) is 24.6 Å². The van der Waals surface area contributed by atoms with E-state index in [0.717, 1.165) is 4.47 Å². The molecule has 0 aliphatic heterocycles. The molecule has 0 spiro atoms. The average molecular weight is 417 g/mol. The molecule has 3 aromatic rings. The summed E-state index contributed by atoms with van der Waals surface area (Å²) in [7, 11) is 0. The first-order valence-corrected chi connectivity index (χ1v) is 8.76. The molecule has 26 heavy (non-hydrogen) atoms. The molecule has 0 aliphatic carbocycles. The van der Waals surface area contributed by atoms with Gasteiger partial charge in [-0.2, -0.15) is 10.2 Å². The van der Waals surface area contributed by atoms with E-state index in [-0.39, 0.29) is 24.1 Å². The van der Waals surface area contributed by atoms with Crippen LogP contribution in [-0.4, -0.2) is 31.4 Å². The molecule has 0 atom stereocenters. The number of amides is 2. The van der Waals surface area contributed by atoms with Crippen LogP contribution in [-0.2, 0) is 17.9 Å². The van der Waals surface area contributed by atoms with Gasteiger partial charge in [0.1, 0.15) is 6.54 Å². The van der Waals surface area contributed by atoms with Gasteiger partial charge in [-0.25, -0.2) is 0 Å². The highest BCUT2D eigenvalue weighted by Gasteiger charge is 2.19. The number of nitrogens with one attached hydrogen (secondary N) is 2. The number of aromatic nitrogens is 4. The van der Waals surface area contributed by atoms with Crippen molar-refractivity contribution >= 4 is 39.1 Å². The molecule has 2 aromatic heterocycles. The van der Waals surface area contributed by atoms with Crippen LogP contribution >= 0.6 is 15.9 Å². The minimum atomic E-state index is -0.388. The molecule has 3 rings (SSSR count). The zero-order chi connectivity index (χ0) is 18.5. The molecule has 2 N–H and O–H groups in total. The fourth-order valence-electron chi connectivity index (χ4n) is 2.32. The largest absolute Gasteiger partial charge is 0.321 e. The minimum absolute atomic E-state index is 0.0304. The molecule has 0 fully saturated rings. The summed E-state index contributed by atoms with van der Waals surface area (Å²) in [6.07, 6.45) is 4.93. The van der Waals surface area contributed by atoms with Crippen LogP contribution in [0.1, 0.15) is 17.4 Å². The molecule has 0 saturated carbocycles. The van der Waals surface area contributed by atoms with Gasteiger partial charge in [0.25, 0.3) is 5.91 Å². The highest BCUT2D eigenvalue weighted by Crippen LogP contribution is 2.17. The third-order valence-electron chi connectivity index (χ3n) is 3.51. The predicted molar refractivity (Wildman–Crippen MR) is 101 cm³/mol. The second-order valence-corrected chi connectivity index (χ2v) is 6.39. The van der Waals surface area contributed by atoms with Gasteiger partial charge in [0.2, 0.25) is 5.91 Å². The fraction of sp³-hybridized carbons (Fsp3) is 0.176. The number of carbonyl (C=O) groups is 2. The Morgan fingerprint density at radius 1 is 1.12 bits per heavy atom. The maximum absolute atomic E-state index is 12.5. The average Bonchev–Trinajstić information content (AvgIpc) is 3.21. The molecule has 8 nitrogen and oxygen atoms in total. The summed E-state index contributed by atoms with van der Waals surface area (Å²) in [6.45, 7) is 2.51. The van der Waals surface area contributed by atoms with Gasteiger partial charge in [0.15, 0.2) is 5.69 Å². The van der Waals surface area contributed by atoms with Gasteiger partial charge < -0.3 is 10.6 Å². The van der Waals surface area contributed by atoms with Crippen LogP contribution in [0.2, 0.25) is 0 Å². The Labute approximate surface area is 158 Å². The molecule has 0 radical (unpaired) electrons. The van der Waals surface area contributed by atoms with Crippen molar-refractivity contribution < 1.29 is 9.59 Å². The second-order valence-electron chi connectivity index (χ2n) is 5.47. The SMILES string of the molecule is CCn1cc(NC(=O)Cn2cc(Br)cn2)c(C(=O)Nc2ccccc2)n1. The van der Waals surface area contributed by atoms with E-state index >= 15 is 0 Å². The van der Waals surface area contributed by atoms with Crippen molar-refractivity contribution in [2.75, 3.05) is 10.6 Å². The molecule has 0 saturated heterocycles. The number of hydrogen-bond donors (Lipinski definition) is 2. The summed E-state index contributed by atoms with van der Waals surface area (Å²) in [5, 5.41) is 13.8. The molecule has 1 aromatic carbocycles. The van der Waals surface area contributed by atoms with Crippen molar-refractivity contribution in [3.05, 3.63) is 59.1 Å². The lowest BCUT2D eigenvalue weighted by Gasteiger charge is -2.06. The Bertz CT molecular complexity index is 918. The lowest BCUT2D eigenvalue weighted by molar-refractivity contribution is -0.116. The van der Waals surface area contributed by atoms with E-state index in [4.69, 9.17) is 0 Å². The predicted octanol–water partition coefficient (Wildman–Crippen LogP) is 2.75. The van der Waals surface area contributed by atoms with E-state index in [9.17, 15) is 9.59 Å². The normalized spacial score (nSPS) is 10.5. The summed E-state index contributed by atoms with van der Waals surface area (Å²) < 4.78 is 3.87. The van der Waals surface area contributed by atoms with Crippen LogP contribution in [0, 0.1) is 0 Å². The highest BCUT2D eigenvalue weighted by atomic mass is 79.9. The van der Waals surface area contributed by atoms with Crippen LogP contribution in [0.5, 0.6) is 0 Å². The smallest absolute Gasteiger partial charge is 0.278 e. The molecule has 134 valence electrons. The van der Waals surface area contributed by atoms with Crippen LogP contribution in [0.15, 0.2) is 53.4 Å². The number of nitrogens with zero attached hydrogens (tertiary/aromatic N) is 4. The molecule has 0 aliphatic rings. The number of halogens is 1. The Balaban J connectivity index is 1.75. The first-order valence-electron chi connectivity index (χ1n) is 7.97. The Morgan fingerprint density at radius 3 is 2.54 bits per heavy atom. The van der Waals surface area contributed by atoms with E-state index in [1.807, 2.05) is 25.1 Å². The van der Waals surface area contributed by atoms with Gasteiger partial charge in [0.05, 0.1) is 16.4 Å².